The number of aromatic nitrogens is 3. The van der Waals surface area contributed by atoms with E-state index in [0.717, 1.165) is 17.5 Å². The number of nitrogens with two attached hydrogens (primary N) is 1. The molecule has 5 nitrogen and oxygen atoms in total. The van der Waals surface area contributed by atoms with Crippen LogP contribution in [0.1, 0.15) is 36.3 Å². The molecule has 0 aliphatic heterocycles. The van der Waals surface area contributed by atoms with Crippen molar-refractivity contribution in [3.63, 3.8) is 0 Å². The van der Waals surface area contributed by atoms with E-state index >= 15 is 0 Å². The van der Waals surface area contributed by atoms with Crippen molar-refractivity contribution in [2.24, 2.45) is 0 Å². The molecule has 23 heavy (non-hydrogen) atoms. The van der Waals surface area contributed by atoms with Gasteiger partial charge in [0, 0.05) is 23.1 Å². The maximum Gasteiger partial charge on any atom is 0.230 e. The van der Waals surface area contributed by atoms with Crippen LogP contribution in [0.15, 0.2) is 47.1 Å². The molecule has 5 heteroatoms. The normalized spacial score (nSPS) is 23.0. The highest BCUT2D eigenvalue weighted by Gasteiger charge is 2.55. The Balaban J connectivity index is 1.63. The molecule has 1 saturated carbocycles. The molecule has 2 heterocycles. The van der Waals surface area contributed by atoms with E-state index in [9.17, 15) is 0 Å². The molecule has 0 bridgehead atoms. The maximum absolute atomic E-state index is 5.69. The summed E-state index contributed by atoms with van der Waals surface area (Å²) in [5.74, 6) is 2.04. The Hall–Kier alpha value is -2.69. The first-order valence-electron chi connectivity index (χ1n) is 7.69. The van der Waals surface area contributed by atoms with E-state index in [1.54, 1.807) is 6.20 Å². The van der Waals surface area contributed by atoms with E-state index in [0.29, 0.717) is 17.5 Å². The van der Waals surface area contributed by atoms with E-state index < -0.39 is 0 Å². The summed E-state index contributed by atoms with van der Waals surface area (Å²) < 4.78 is 5.53. The molecule has 0 spiro atoms. The van der Waals surface area contributed by atoms with Gasteiger partial charge in [0.2, 0.25) is 11.7 Å². The lowest BCUT2D eigenvalue weighted by atomic mass is 9.95. The lowest BCUT2D eigenvalue weighted by Gasteiger charge is -2.09. The highest BCUT2D eigenvalue weighted by atomic mass is 16.5. The van der Waals surface area contributed by atoms with Crippen molar-refractivity contribution < 1.29 is 4.52 Å². The van der Waals surface area contributed by atoms with Gasteiger partial charge in [-0.05, 0) is 30.5 Å². The molecule has 116 valence electrons. The van der Waals surface area contributed by atoms with Crippen molar-refractivity contribution in [2.75, 3.05) is 5.73 Å². The zero-order chi connectivity index (χ0) is 16.0. The SMILES string of the molecule is Cc1cc(N)ncc1-c1noc([C@@H]2C[C@]2(C)c2ccccc2)n1. The summed E-state index contributed by atoms with van der Waals surface area (Å²) in [5.41, 5.74) is 8.94. The average Bonchev–Trinajstić information content (AvgIpc) is 3.03. The number of nitrogen functional groups attached to an aromatic ring is 1. The van der Waals surface area contributed by atoms with Crippen LogP contribution in [-0.2, 0) is 5.41 Å². The molecule has 0 amide bonds. The molecule has 2 atom stereocenters. The summed E-state index contributed by atoms with van der Waals surface area (Å²) in [5, 5.41) is 4.13. The van der Waals surface area contributed by atoms with Crippen LogP contribution in [0.3, 0.4) is 0 Å². The Morgan fingerprint density at radius 2 is 2.04 bits per heavy atom. The van der Waals surface area contributed by atoms with Gasteiger partial charge in [-0.15, -0.1) is 0 Å². The van der Waals surface area contributed by atoms with Crippen molar-refractivity contribution in [2.45, 2.75) is 31.6 Å². The van der Waals surface area contributed by atoms with Gasteiger partial charge >= 0.3 is 0 Å². The van der Waals surface area contributed by atoms with Crippen LogP contribution in [0.25, 0.3) is 11.4 Å². The number of anilines is 1. The number of hydrogen-bond donors (Lipinski definition) is 1. The van der Waals surface area contributed by atoms with Crippen molar-refractivity contribution in [1.29, 1.82) is 0 Å². The summed E-state index contributed by atoms with van der Waals surface area (Å²) in [7, 11) is 0. The van der Waals surface area contributed by atoms with Crippen LogP contribution in [0.5, 0.6) is 0 Å². The Kier molecular flexibility index (Phi) is 2.98. The standard InChI is InChI=1S/C18H18N4O/c1-11-8-15(19)20-10-13(11)16-21-17(23-22-16)14-9-18(14,2)12-6-4-3-5-7-12/h3-8,10,14H,9H2,1-2H3,(H2,19,20)/t14-,18+/m0/s1. The molecule has 3 aromatic rings. The molecular formula is C18H18N4O. The molecule has 2 N–H and O–H groups in total. The van der Waals surface area contributed by atoms with Gasteiger partial charge in [-0.25, -0.2) is 4.98 Å². The summed E-state index contributed by atoms with van der Waals surface area (Å²) in [4.78, 5) is 8.71. The molecule has 1 aliphatic rings. The zero-order valence-electron chi connectivity index (χ0n) is 13.2. The fourth-order valence-electron chi connectivity index (χ4n) is 3.16. The van der Waals surface area contributed by atoms with Crippen LogP contribution in [-0.4, -0.2) is 15.1 Å². The second-order valence-corrected chi connectivity index (χ2v) is 6.42. The Morgan fingerprint density at radius 3 is 2.78 bits per heavy atom. The Bertz CT molecular complexity index is 858. The van der Waals surface area contributed by atoms with Gasteiger partial charge < -0.3 is 10.3 Å². The number of nitrogens with zero attached hydrogens (tertiary/aromatic N) is 3. The maximum atomic E-state index is 5.69. The molecule has 1 aliphatic carbocycles. The van der Waals surface area contributed by atoms with Crippen LogP contribution >= 0.6 is 0 Å². The van der Waals surface area contributed by atoms with E-state index in [2.05, 4.69) is 46.3 Å². The molecule has 0 saturated heterocycles. The molecule has 1 fully saturated rings. The van der Waals surface area contributed by atoms with Gasteiger partial charge in [-0.2, -0.15) is 4.98 Å². The summed E-state index contributed by atoms with van der Waals surface area (Å²) >= 11 is 0. The quantitative estimate of drug-likeness (QED) is 0.801. The number of rotatable bonds is 3. The third-order valence-electron chi connectivity index (χ3n) is 4.78. The van der Waals surface area contributed by atoms with Gasteiger partial charge in [0.05, 0.1) is 0 Å². The van der Waals surface area contributed by atoms with E-state index in [-0.39, 0.29) is 11.3 Å². The van der Waals surface area contributed by atoms with Crippen LogP contribution in [0.2, 0.25) is 0 Å². The first kappa shape index (κ1) is 13.9. The highest BCUT2D eigenvalue weighted by molar-refractivity contribution is 5.60. The van der Waals surface area contributed by atoms with E-state index in [1.807, 2.05) is 19.1 Å². The van der Waals surface area contributed by atoms with E-state index in [4.69, 9.17) is 10.3 Å². The van der Waals surface area contributed by atoms with Crippen LogP contribution in [0.4, 0.5) is 5.82 Å². The largest absolute Gasteiger partial charge is 0.384 e. The second-order valence-electron chi connectivity index (χ2n) is 6.42. The van der Waals surface area contributed by atoms with Crippen molar-refractivity contribution in [1.82, 2.24) is 15.1 Å². The predicted octanol–water partition coefficient (Wildman–Crippen LogP) is 3.47. The predicted molar refractivity (Wildman–Crippen MR) is 87.8 cm³/mol. The average molecular weight is 306 g/mol. The highest BCUT2D eigenvalue weighted by Crippen LogP contribution is 2.59. The third-order valence-corrected chi connectivity index (χ3v) is 4.78. The first-order valence-corrected chi connectivity index (χ1v) is 7.69. The molecular weight excluding hydrogens is 288 g/mol. The zero-order valence-corrected chi connectivity index (χ0v) is 13.2. The summed E-state index contributed by atoms with van der Waals surface area (Å²) in [6, 6.07) is 12.3. The number of benzene rings is 1. The fourth-order valence-corrected chi connectivity index (χ4v) is 3.16. The molecule has 4 rings (SSSR count). The van der Waals surface area contributed by atoms with Gasteiger partial charge in [0.15, 0.2) is 0 Å². The molecule has 2 aromatic heterocycles. The van der Waals surface area contributed by atoms with Crippen molar-refractivity contribution >= 4 is 5.82 Å². The topological polar surface area (TPSA) is 77.8 Å². The minimum absolute atomic E-state index is 0.0828. The first-order chi connectivity index (χ1) is 11.1. The molecule has 1 aromatic carbocycles. The van der Waals surface area contributed by atoms with Crippen LogP contribution in [0, 0.1) is 6.92 Å². The third kappa shape index (κ3) is 2.29. The minimum atomic E-state index is 0.0828. The lowest BCUT2D eigenvalue weighted by molar-refractivity contribution is 0.374. The van der Waals surface area contributed by atoms with Gasteiger partial charge in [0.25, 0.3) is 0 Å². The van der Waals surface area contributed by atoms with Crippen LogP contribution < -0.4 is 5.73 Å². The molecule has 0 unspecified atom stereocenters. The van der Waals surface area contributed by atoms with Gasteiger partial charge in [0.1, 0.15) is 5.82 Å². The fraction of sp³-hybridized carbons (Fsp3) is 0.278. The Labute approximate surface area is 134 Å². The van der Waals surface area contributed by atoms with Crippen molar-refractivity contribution in [3.8, 4) is 11.4 Å². The monoisotopic (exact) mass is 306 g/mol. The minimum Gasteiger partial charge on any atom is -0.384 e. The summed E-state index contributed by atoms with van der Waals surface area (Å²) in [6.45, 7) is 4.21. The number of pyridine rings is 1. The smallest absolute Gasteiger partial charge is 0.230 e. The van der Waals surface area contributed by atoms with E-state index in [1.165, 1.54) is 5.56 Å². The molecule has 0 radical (unpaired) electrons. The second kappa shape index (κ2) is 4.91. The Morgan fingerprint density at radius 1 is 1.26 bits per heavy atom. The number of hydrogen-bond acceptors (Lipinski definition) is 5. The lowest BCUT2D eigenvalue weighted by Crippen LogP contribution is -2.03. The van der Waals surface area contributed by atoms with Gasteiger partial charge in [-0.3, -0.25) is 0 Å². The summed E-state index contributed by atoms with van der Waals surface area (Å²) in [6.07, 6.45) is 2.72. The van der Waals surface area contributed by atoms with Gasteiger partial charge in [-0.1, -0.05) is 42.4 Å². The van der Waals surface area contributed by atoms with Crippen molar-refractivity contribution in [3.05, 3.63) is 59.6 Å². The number of aryl methyl sites for hydroxylation is 1.